The highest BCUT2D eigenvalue weighted by atomic mass is 32.1. The lowest BCUT2D eigenvalue weighted by atomic mass is 10.3. The number of nitrogens with zero attached hydrogens (tertiary/aromatic N) is 1. The highest BCUT2D eigenvalue weighted by Crippen LogP contribution is 2.10. The van der Waals surface area contributed by atoms with Crippen LogP contribution in [0.25, 0.3) is 0 Å². The van der Waals surface area contributed by atoms with Crippen LogP contribution in [0.3, 0.4) is 0 Å². The van der Waals surface area contributed by atoms with Crippen LogP contribution in [-0.2, 0) is 9.53 Å². The number of hydrogen-bond donors (Lipinski definition) is 3. The molecule has 1 heterocycles. The van der Waals surface area contributed by atoms with Crippen LogP contribution in [0.15, 0.2) is 5.38 Å². The zero-order chi connectivity index (χ0) is 12.1. The Bertz CT molecular complexity index is 392. The van der Waals surface area contributed by atoms with Crippen LogP contribution < -0.4 is 11.1 Å². The Labute approximate surface area is 95.2 Å². The van der Waals surface area contributed by atoms with E-state index in [1.807, 2.05) is 0 Å². The summed E-state index contributed by atoms with van der Waals surface area (Å²) in [7, 11) is 1.35. The van der Waals surface area contributed by atoms with Crippen LogP contribution >= 0.6 is 11.3 Å². The van der Waals surface area contributed by atoms with Crippen molar-refractivity contribution >= 4 is 28.3 Å². The summed E-state index contributed by atoms with van der Waals surface area (Å²) in [5.41, 5.74) is 5.45. The lowest BCUT2D eigenvalue weighted by molar-refractivity contribution is -0.140. The second-order valence-electron chi connectivity index (χ2n) is 2.89. The van der Waals surface area contributed by atoms with Gasteiger partial charge in [0.15, 0.2) is 11.2 Å². The first-order valence-corrected chi connectivity index (χ1v) is 5.16. The summed E-state index contributed by atoms with van der Waals surface area (Å²) in [6.07, 6.45) is 0. The Hall–Kier alpha value is -1.67. The fourth-order valence-corrected chi connectivity index (χ4v) is 1.51. The van der Waals surface area contributed by atoms with Crippen LogP contribution in [0.5, 0.6) is 0 Å². The Kier molecular flexibility index (Phi) is 4.20. The van der Waals surface area contributed by atoms with Crippen molar-refractivity contribution in [2.24, 2.45) is 0 Å². The number of nitrogens with two attached hydrogens (primary N) is 1. The lowest BCUT2D eigenvalue weighted by Gasteiger charge is -2.12. The van der Waals surface area contributed by atoms with Crippen molar-refractivity contribution in [1.82, 2.24) is 10.3 Å². The minimum absolute atomic E-state index is 0.102. The number of carboxylic acid groups (broad SMARTS) is 1. The molecule has 16 heavy (non-hydrogen) atoms. The van der Waals surface area contributed by atoms with Gasteiger partial charge in [0.2, 0.25) is 0 Å². The number of aliphatic carboxylic acids is 1. The number of methoxy groups -OCH3 is 1. The molecule has 1 aromatic rings. The topological polar surface area (TPSA) is 115 Å². The average molecular weight is 245 g/mol. The summed E-state index contributed by atoms with van der Waals surface area (Å²) in [4.78, 5) is 26.0. The number of thiazole rings is 1. The number of amides is 1. The molecule has 0 radical (unpaired) electrons. The molecule has 88 valence electrons. The van der Waals surface area contributed by atoms with Gasteiger partial charge in [-0.1, -0.05) is 0 Å². The molecule has 0 saturated carbocycles. The van der Waals surface area contributed by atoms with Crippen LogP contribution in [0.1, 0.15) is 10.5 Å². The predicted octanol–water partition coefficient (Wildman–Crippen LogP) is -0.445. The number of carboxylic acids is 1. The quantitative estimate of drug-likeness (QED) is 0.647. The first-order valence-electron chi connectivity index (χ1n) is 4.28. The molecule has 4 N–H and O–H groups in total. The molecule has 0 bridgehead atoms. The van der Waals surface area contributed by atoms with Gasteiger partial charge in [-0.05, 0) is 0 Å². The van der Waals surface area contributed by atoms with Gasteiger partial charge in [0.25, 0.3) is 5.91 Å². The van der Waals surface area contributed by atoms with Gasteiger partial charge in [-0.3, -0.25) is 4.79 Å². The molecule has 1 atom stereocenters. The molecule has 0 fully saturated rings. The molecule has 0 saturated heterocycles. The van der Waals surface area contributed by atoms with Crippen molar-refractivity contribution in [3.63, 3.8) is 0 Å². The number of nitrogens with one attached hydrogen (secondary N) is 1. The number of aromatic nitrogens is 1. The zero-order valence-electron chi connectivity index (χ0n) is 8.47. The molecular weight excluding hydrogens is 234 g/mol. The summed E-state index contributed by atoms with van der Waals surface area (Å²) in [6.45, 7) is -0.110. The molecule has 1 rings (SSSR count). The van der Waals surface area contributed by atoms with Crippen molar-refractivity contribution in [2.75, 3.05) is 19.5 Å². The third kappa shape index (κ3) is 3.17. The van der Waals surface area contributed by atoms with Gasteiger partial charge in [0, 0.05) is 12.5 Å². The van der Waals surface area contributed by atoms with Crippen LogP contribution in [0, 0.1) is 0 Å². The minimum atomic E-state index is -1.17. The molecule has 0 aliphatic heterocycles. The number of rotatable bonds is 5. The van der Waals surface area contributed by atoms with Gasteiger partial charge in [-0.15, -0.1) is 11.3 Å². The number of nitrogen functional groups attached to an aromatic ring is 1. The molecule has 1 amide bonds. The summed E-state index contributed by atoms with van der Waals surface area (Å²) in [5.74, 6) is -1.75. The van der Waals surface area contributed by atoms with Gasteiger partial charge < -0.3 is 20.9 Å². The standard InChI is InChI=1S/C8H11N3O4S/c1-15-2-4(7(13)14)10-6(12)5-3-16-8(9)11-5/h3-4H,2H2,1H3,(H2,9,11)(H,10,12)(H,13,14). The van der Waals surface area contributed by atoms with E-state index in [0.717, 1.165) is 11.3 Å². The minimum Gasteiger partial charge on any atom is -0.480 e. The molecule has 1 unspecified atom stereocenters. The monoisotopic (exact) mass is 245 g/mol. The number of carbonyl (C=O) groups excluding carboxylic acids is 1. The smallest absolute Gasteiger partial charge is 0.328 e. The highest BCUT2D eigenvalue weighted by molar-refractivity contribution is 7.13. The normalized spacial score (nSPS) is 12.1. The molecule has 0 aliphatic rings. The van der Waals surface area contributed by atoms with Crippen LogP contribution in [0.4, 0.5) is 5.13 Å². The van der Waals surface area contributed by atoms with Crippen molar-refractivity contribution in [3.05, 3.63) is 11.1 Å². The van der Waals surface area contributed by atoms with Crippen LogP contribution in [-0.4, -0.2) is 41.7 Å². The molecule has 8 heteroatoms. The van der Waals surface area contributed by atoms with Crippen LogP contribution in [0.2, 0.25) is 0 Å². The fraction of sp³-hybridized carbons (Fsp3) is 0.375. The average Bonchev–Trinajstić information content (AvgIpc) is 2.64. The number of ether oxygens (including phenoxy) is 1. The molecule has 0 spiro atoms. The third-order valence-corrected chi connectivity index (χ3v) is 2.37. The SMILES string of the molecule is COCC(NC(=O)c1csc(N)n1)C(=O)O. The fourth-order valence-electron chi connectivity index (χ4n) is 0.965. The van der Waals surface area contributed by atoms with E-state index in [-0.39, 0.29) is 17.4 Å². The molecule has 0 aliphatic carbocycles. The summed E-state index contributed by atoms with van der Waals surface area (Å²) in [6, 6.07) is -1.10. The number of anilines is 1. The van der Waals surface area contributed by atoms with E-state index in [0.29, 0.717) is 0 Å². The number of carbonyl (C=O) groups is 2. The van der Waals surface area contributed by atoms with Crippen molar-refractivity contribution in [3.8, 4) is 0 Å². The summed E-state index contributed by atoms with van der Waals surface area (Å²) >= 11 is 1.11. The summed E-state index contributed by atoms with van der Waals surface area (Å²) in [5, 5.41) is 12.7. The van der Waals surface area contributed by atoms with Crippen molar-refractivity contribution in [2.45, 2.75) is 6.04 Å². The Balaban J connectivity index is 2.65. The molecule has 0 aromatic carbocycles. The number of hydrogen-bond acceptors (Lipinski definition) is 6. The molecular formula is C8H11N3O4S. The van der Waals surface area contributed by atoms with Crippen molar-refractivity contribution in [1.29, 1.82) is 0 Å². The molecule has 7 nitrogen and oxygen atoms in total. The Morgan fingerprint density at radius 3 is 2.88 bits per heavy atom. The lowest BCUT2D eigenvalue weighted by Crippen LogP contribution is -2.43. The van der Waals surface area contributed by atoms with E-state index >= 15 is 0 Å². The second-order valence-corrected chi connectivity index (χ2v) is 3.78. The first-order chi connectivity index (χ1) is 7.54. The van der Waals surface area contributed by atoms with E-state index < -0.39 is 17.9 Å². The van der Waals surface area contributed by atoms with Gasteiger partial charge in [0.1, 0.15) is 5.69 Å². The third-order valence-electron chi connectivity index (χ3n) is 1.69. The second kappa shape index (κ2) is 5.42. The van der Waals surface area contributed by atoms with Gasteiger partial charge >= 0.3 is 5.97 Å². The zero-order valence-corrected chi connectivity index (χ0v) is 9.28. The van der Waals surface area contributed by atoms with E-state index in [4.69, 9.17) is 10.8 Å². The summed E-state index contributed by atoms with van der Waals surface area (Å²) < 4.78 is 4.67. The Morgan fingerprint density at radius 1 is 1.75 bits per heavy atom. The largest absolute Gasteiger partial charge is 0.480 e. The van der Waals surface area contributed by atoms with Gasteiger partial charge in [0.05, 0.1) is 6.61 Å². The van der Waals surface area contributed by atoms with E-state index in [9.17, 15) is 9.59 Å². The van der Waals surface area contributed by atoms with Crippen molar-refractivity contribution < 1.29 is 19.4 Å². The van der Waals surface area contributed by atoms with Gasteiger partial charge in [-0.2, -0.15) is 0 Å². The maximum atomic E-state index is 11.5. The Morgan fingerprint density at radius 2 is 2.44 bits per heavy atom. The maximum Gasteiger partial charge on any atom is 0.328 e. The predicted molar refractivity (Wildman–Crippen MR) is 57.3 cm³/mol. The van der Waals surface area contributed by atoms with Gasteiger partial charge in [-0.25, -0.2) is 9.78 Å². The van der Waals surface area contributed by atoms with E-state index in [1.54, 1.807) is 0 Å². The first kappa shape index (κ1) is 12.4. The van der Waals surface area contributed by atoms with E-state index in [1.165, 1.54) is 12.5 Å². The maximum absolute atomic E-state index is 11.5. The van der Waals surface area contributed by atoms with E-state index in [2.05, 4.69) is 15.0 Å². The highest BCUT2D eigenvalue weighted by Gasteiger charge is 2.21. The molecule has 1 aromatic heterocycles.